The smallest absolute Gasteiger partial charge is 0.128 e. The number of carboxylic acid groups (broad SMARTS) is 1. The lowest BCUT2D eigenvalue weighted by Crippen LogP contribution is -2.44. The van der Waals surface area contributed by atoms with E-state index in [-0.39, 0.29) is 10.6 Å². The Kier molecular flexibility index (Phi) is 2.89. The number of halogens is 2. The lowest BCUT2D eigenvalue weighted by atomic mass is 9.78. The molecule has 1 aromatic carbocycles. The van der Waals surface area contributed by atoms with Crippen molar-refractivity contribution < 1.29 is 14.3 Å². The zero-order chi connectivity index (χ0) is 11.8. The molecule has 0 bridgehead atoms. The van der Waals surface area contributed by atoms with Crippen molar-refractivity contribution in [2.75, 3.05) is 0 Å². The third kappa shape index (κ3) is 1.59. The number of carbonyl (C=O) groups is 1. The van der Waals surface area contributed by atoms with Crippen LogP contribution in [0, 0.1) is 5.82 Å². The van der Waals surface area contributed by atoms with Crippen LogP contribution in [-0.4, -0.2) is 5.97 Å². The van der Waals surface area contributed by atoms with E-state index >= 15 is 0 Å². The highest BCUT2D eigenvalue weighted by molar-refractivity contribution is 6.31. The SMILES string of the molecule is O=C([O-])C1(c2c(F)cccc2Cl)CCCC1. The molecule has 86 valence electrons. The minimum absolute atomic E-state index is 0.0918. The maximum absolute atomic E-state index is 13.7. The van der Waals surface area contributed by atoms with Crippen molar-refractivity contribution in [2.45, 2.75) is 31.1 Å². The van der Waals surface area contributed by atoms with Gasteiger partial charge in [-0.25, -0.2) is 4.39 Å². The van der Waals surface area contributed by atoms with E-state index < -0.39 is 17.2 Å². The molecule has 4 heteroatoms. The molecule has 1 aliphatic carbocycles. The Morgan fingerprint density at radius 2 is 2.00 bits per heavy atom. The van der Waals surface area contributed by atoms with Gasteiger partial charge in [-0.2, -0.15) is 0 Å². The number of aliphatic carboxylic acids is 1. The summed E-state index contributed by atoms with van der Waals surface area (Å²) in [6.07, 6.45) is 2.32. The van der Waals surface area contributed by atoms with Gasteiger partial charge in [0, 0.05) is 16.0 Å². The van der Waals surface area contributed by atoms with Crippen molar-refractivity contribution in [1.29, 1.82) is 0 Å². The second kappa shape index (κ2) is 4.06. The summed E-state index contributed by atoms with van der Waals surface area (Å²) in [4.78, 5) is 11.3. The fraction of sp³-hybridized carbons (Fsp3) is 0.417. The van der Waals surface area contributed by atoms with Crippen LogP contribution in [0.15, 0.2) is 18.2 Å². The molecule has 0 N–H and O–H groups in total. The first-order chi connectivity index (χ1) is 7.58. The number of hydrogen-bond acceptors (Lipinski definition) is 2. The summed E-state index contributed by atoms with van der Waals surface area (Å²) < 4.78 is 13.7. The average molecular weight is 242 g/mol. The summed E-state index contributed by atoms with van der Waals surface area (Å²) in [5.41, 5.74) is -1.14. The molecule has 0 aromatic heterocycles. The molecule has 1 fully saturated rings. The molecule has 0 atom stereocenters. The number of rotatable bonds is 2. The summed E-state index contributed by atoms with van der Waals surface area (Å²) in [7, 11) is 0. The minimum atomic E-state index is -1.23. The van der Waals surface area contributed by atoms with Crippen LogP contribution in [0.1, 0.15) is 31.2 Å². The normalized spacial score (nSPS) is 18.6. The molecular formula is C12H11ClFO2-. The second-order valence-corrected chi connectivity index (χ2v) is 4.58. The van der Waals surface area contributed by atoms with Gasteiger partial charge in [0.15, 0.2) is 0 Å². The second-order valence-electron chi connectivity index (χ2n) is 4.17. The minimum Gasteiger partial charge on any atom is -0.549 e. The average Bonchev–Trinajstić information content (AvgIpc) is 2.67. The number of carbonyl (C=O) groups excluding carboxylic acids is 1. The maximum atomic E-state index is 13.7. The molecule has 1 aliphatic rings. The Morgan fingerprint density at radius 1 is 1.38 bits per heavy atom. The van der Waals surface area contributed by atoms with Crippen LogP contribution in [-0.2, 0) is 10.2 Å². The summed E-state index contributed by atoms with van der Waals surface area (Å²) in [5, 5.41) is 11.5. The van der Waals surface area contributed by atoms with E-state index in [0.29, 0.717) is 12.8 Å². The van der Waals surface area contributed by atoms with Gasteiger partial charge in [0.05, 0.1) is 5.97 Å². The van der Waals surface area contributed by atoms with Gasteiger partial charge in [-0.1, -0.05) is 30.5 Å². The third-order valence-electron chi connectivity index (χ3n) is 3.29. The molecule has 0 heterocycles. The first-order valence-electron chi connectivity index (χ1n) is 5.24. The highest BCUT2D eigenvalue weighted by atomic mass is 35.5. The molecule has 0 aliphatic heterocycles. The molecule has 16 heavy (non-hydrogen) atoms. The number of carboxylic acids is 1. The van der Waals surface area contributed by atoms with Crippen molar-refractivity contribution in [2.24, 2.45) is 0 Å². The molecule has 0 saturated heterocycles. The van der Waals surface area contributed by atoms with E-state index in [9.17, 15) is 14.3 Å². The van der Waals surface area contributed by atoms with Crippen LogP contribution in [0.3, 0.4) is 0 Å². The standard InChI is InChI=1S/C12H12ClFO2/c13-8-4-3-5-9(14)10(8)12(11(15)16)6-1-2-7-12/h3-5H,1-2,6-7H2,(H,15,16)/p-1. The predicted octanol–water partition coefficient (Wildman–Crippen LogP) is 2.04. The monoisotopic (exact) mass is 241 g/mol. The molecule has 0 unspecified atom stereocenters. The molecule has 1 saturated carbocycles. The topological polar surface area (TPSA) is 40.1 Å². The molecule has 0 radical (unpaired) electrons. The Balaban J connectivity index is 2.60. The fourth-order valence-electron chi connectivity index (χ4n) is 2.49. The van der Waals surface area contributed by atoms with Gasteiger partial charge in [-0.15, -0.1) is 0 Å². The third-order valence-corrected chi connectivity index (χ3v) is 3.60. The van der Waals surface area contributed by atoms with Crippen LogP contribution < -0.4 is 5.11 Å². The molecule has 1 aromatic rings. The van der Waals surface area contributed by atoms with Crippen molar-refractivity contribution in [1.82, 2.24) is 0 Å². The molecular weight excluding hydrogens is 231 g/mol. The Labute approximate surface area is 98.0 Å². The van der Waals surface area contributed by atoms with Crippen molar-refractivity contribution in [3.8, 4) is 0 Å². The van der Waals surface area contributed by atoms with Gasteiger partial charge in [0.2, 0.25) is 0 Å². The fourth-order valence-corrected chi connectivity index (χ4v) is 2.83. The zero-order valence-electron chi connectivity index (χ0n) is 8.63. The predicted molar refractivity (Wildman–Crippen MR) is 56.6 cm³/mol. The quantitative estimate of drug-likeness (QED) is 0.795. The molecule has 0 spiro atoms. The lowest BCUT2D eigenvalue weighted by Gasteiger charge is -2.31. The van der Waals surface area contributed by atoms with Gasteiger partial charge in [0.1, 0.15) is 5.82 Å². The van der Waals surface area contributed by atoms with E-state index in [1.54, 1.807) is 0 Å². The molecule has 0 amide bonds. The van der Waals surface area contributed by atoms with E-state index in [1.165, 1.54) is 18.2 Å². The Bertz CT molecular complexity index is 405. The van der Waals surface area contributed by atoms with Crippen molar-refractivity contribution in [3.05, 3.63) is 34.6 Å². The lowest BCUT2D eigenvalue weighted by molar-refractivity contribution is -0.313. The van der Waals surface area contributed by atoms with Crippen LogP contribution in [0.4, 0.5) is 4.39 Å². The van der Waals surface area contributed by atoms with Gasteiger partial charge in [-0.05, 0) is 25.0 Å². The van der Waals surface area contributed by atoms with Crippen LogP contribution >= 0.6 is 11.6 Å². The summed E-state index contributed by atoms with van der Waals surface area (Å²) in [5.74, 6) is -1.78. The van der Waals surface area contributed by atoms with Gasteiger partial charge >= 0.3 is 0 Å². The van der Waals surface area contributed by atoms with E-state index in [1.807, 2.05) is 0 Å². The van der Waals surface area contributed by atoms with Crippen molar-refractivity contribution >= 4 is 17.6 Å². The number of hydrogen-bond donors (Lipinski definition) is 0. The van der Waals surface area contributed by atoms with E-state index in [2.05, 4.69) is 0 Å². The first-order valence-corrected chi connectivity index (χ1v) is 5.62. The summed E-state index contributed by atoms with van der Waals surface area (Å²) in [6, 6.07) is 4.23. The largest absolute Gasteiger partial charge is 0.549 e. The highest BCUT2D eigenvalue weighted by Gasteiger charge is 2.40. The zero-order valence-corrected chi connectivity index (χ0v) is 9.39. The van der Waals surface area contributed by atoms with Crippen LogP contribution in [0.25, 0.3) is 0 Å². The Morgan fingerprint density at radius 3 is 2.50 bits per heavy atom. The van der Waals surface area contributed by atoms with Gasteiger partial charge in [0.25, 0.3) is 0 Å². The number of benzene rings is 1. The maximum Gasteiger partial charge on any atom is 0.128 e. The highest BCUT2D eigenvalue weighted by Crippen LogP contribution is 2.44. The first kappa shape index (κ1) is 11.4. The van der Waals surface area contributed by atoms with E-state index in [4.69, 9.17) is 11.6 Å². The van der Waals surface area contributed by atoms with Crippen LogP contribution in [0.5, 0.6) is 0 Å². The Hall–Kier alpha value is -1.09. The van der Waals surface area contributed by atoms with E-state index in [0.717, 1.165) is 12.8 Å². The van der Waals surface area contributed by atoms with Gasteiger partial charge in [-0.3, -0.25) is 0 Å². The van der Waals surface area contributed by atoms with Gasteiger partial charge < -0.3 is 9.90 Å². The molecule has 2 rings (SSSR count). The summed E-state index contributed by atoms with van der Waals surface area (Å²) >= 11 is 5.91. The van der Waals surface area contributed by atoms with Crippen LogP contribution in [0.2, 0.25) is 5.02 Å². The summed E-state index contributed by atoms with van der Waals surface area (Å²) in [6.45, 7) is 0. The van der Waals surface area contributed by atoms with Crippen molar-refractivity contribution in [3.63, 3.8) is 0 Å². The molecule has 2 nitrogen and oxygen atoms in total.